The van der Waals surface area contributed by atoms with Gasteiger partial charge in [0.1, 0.15) is 0 Å². The molecule has 1 saturated heterocycles. The van der Waals surface area contributed by atoms with Crippen molar-refractivity contribution in [3.8, 4) is 10.4 Å². The van der Waals surface area contributed by atoms with Crippen molar-refractivity contribution in [1.29, 1.82) is 0 Å². The monoisotopic (exact) mass is 370 g/mol. The van der Waals surface area contributed by atoms with E-state index in [1.807, 2.05) is 24.3 Å². The molecule has 1 aromatic heterocycles. The van der Waals surface area contributed by atoms with Crippen molar-refractivity contribution >= 4 is 17.2 Å². The summed E-state index contributed by atoms with van der Waals surface area (Å²) in [5.41, 5.74) is 2.34. The van der Waals surface area contributed by atoms with Crippen LogP contribution < -0.4 is 10.6 Å². The van der Waals surface area contributed by atoms with Crippen LogP contribution in [0, 0.1) is 6.92 Å². The van der Waals surface area contributed by atoms with E-state index in [0.29, 0.717) is 12.1 Å². The maximum atomic E-state index is 12.7. The second-order valence-corrected chi connectivity index (χ2v) is 8.36. The summed E-state index contributed by atoms with van der Waals surface area (Å²) in [6, 6.07) is 13.5. The van der Waals surface area contributed by atoms with Crippen LogP contribution in [0.5, 0.6) is 0 Å². The Morgan fingerprint density at radius 3 is 2.50 bits per heavy atom. The van der Waals surface area contributed by atoms with Crippen LogP contribution in [0.4, 0.5) is 0 Å². The summed E-state index contributed by atoms with van der Waals surface area (Å²) in [7, 11) is 0. The number of nitrogens with one attached hydrogen (secondary N) is 2. The van der Waals surface area contributed by atoms with Crippen LogP contribution in [0.25, 0.3) is 10.4 Å². The second kappa shape index (κ2) is 7.91. The van der Waals surface area contributed by atoms with Crippen molar-refractivity contribution in [2.75, 3.05) is 13.2 Å². The summed E-state index contributed by atoms with van der Waals surface area (Å²) >= 11 is 1.59. The van der Waals surface area contributed by atoms with Gasteiger partial charge in [-0.15, -0.1) is 11.3 Å². The summed E-state index contributed by atoms with van der Waals surface area (Å²) < 4.78 is 5.42. The molecule has 2 atom stereocenters. The normalized spacial score (nSPS) is 23.4. The molecule has 2 heterocycles. The van der Waals surface area contributed by atoms with E-state index in [1.165, 1.54) is 10.4 Å². The molecule has 4 nitrogen and oxygen atoms in total. The van der Waals surface area contributed by atoms with Gasteiger partial charge in [0.05, 0.1) is 4.88 Å². The van der Waals surface area contributed by atoms with Crippen LogP contribution in [0.1, 0.15) is 40.9 Å². The van der Waals surface area contributed by atoms with E-state index in [1.54, 1.807) is 11.3 Å². The van der Waals surface area contributed by atoms with Gasteiger partial charge in [0.15, 0.2) is 0 Å². The lowest BCUT2D eigenvalue weighted by Crippen LogP contribution is -2.59. The van der Waals surface area contributed by atoms with Crippen molar-refractivity contribution in [1.82, 2.24) is 10.6 Å². The number of ether oxygens (including phenoxy) is 1. The largest absolute Gasteiger partial charge is 0.381 e. The minimum absolute atomic E-state index is 0.0590. The summed E-state index contributed by atoms with van der Waals surface area (Å²) in [5, 5.41) is 6.96. The molecule has 0 spiro atoms. The number of hydrogen-bond acceptors (Lipinski definition) is 4. The lowest BCUT2D eigenvalue weighted by molar-refractivity contribution is 0.0653. The Kier molecular flexibility index (Phi) is 5.38. The maximum absolute atomic E-state index is 12.7. The molecule has 2 N–H and O–H groups in total. The number of thiophene rings is 1. The highest BCUT2D eigenvalue weighted by molar-refractivity contribution is 7.17. The molecule has 0 bridgehead atoms. The second-order valence-electron chi connectivity index (χ2n) is 7.31. The summed E-state index contributed by atoms with van der Waals surface area (Å²) in [5.74, 6) is 0.0590. The fourth-order valence-corrected chi connectivity index (χ4v) is 4.83. The number of hydrogen-bond donors (Lipinski definition) is 2. The van der Waals surface area contributed by atoms with E-state index in [-0.39, 0.29) is 11.9 Å². The van der Waals surface area contributed by atoms with Crippen LogP contribution in [0.3, 0.4) is 0 Å². The number of aryl methyl sites for hydroxylation is 1. The number of carbonyl (C=O) groups excluding carboxylic acids is 1. The first-order chi connectivity index (χ1) is 12.7. The topological polar surface area (TPSA) is 50.4 Å². The molecule has 1 aliphatic heterocycles. The highest BCUT2D eigenvalue weighted by Gasteiger charge is 2.34. The fraction of sp³-hybridized carbons (Fsp3) is 0.476. The molecular formula is C21H26N2O2S. The van der Waals surface area contributed by atoms with Crippen LogP contribution in [0.15, 0.2) is 36.4 Å². The number of rotatable bonds is 5. The third-order valence-corrected chi connectivity index (χ3v) is 6.72. The number of carbonyl (C=O) groups is 1. The zero-order valence-electron chi connectivity index (χ0n) is 15.2. The molecule has 5 heteroatoms. The van der Waals surface area contributed by atoms with Crippen molar-refractivity contribution in [3.63, 3.8) is 0 Å². The van der Waals surface area contributed by atoms with E-state index in [4.69, 9.17) is 4.74 Å². The van der Waals surface area contributed by atoms with E-state index >= 15 is 0 Å². The summed E-state index contributed by atoms with van der Waals surface area (Å²) in [6.45, 7) is 3.77. The first-order valence-corrected chi connectivity index (χ1v) is 10.3. The lowest BCUT2D eigenvalue weighted by atomic mass is 9.85. The van der Waals surface area contributed by atoms with Crippen LogP contribution in [-0.2, 0) is 4.74 Å². The smallest absolute Gasteiger partial charge is 0.261 e. The van der Waals surface area contributed by atoms with E-state index in [9.17, 15) is 4.79 Å². The molecule has 1 saturated carbocycles. The molecule has 2 fully saturated rings. The highest BCUT2D eigenvalue weighted by atomic mass is 32.1. The molecule has 1 aliphatic carbocycles. The zero-order valence-corrected chi connectivity index (χ0v) is 16.0. The van der Waals surface area contributed by atoms with Gasteiger partial charge in [0, 0.05) is 36.2 Å². The van der Waals surface area contributed by atoms with Crippen LogP contribution in [0.2, 0.25) is 0 Å². The Hall–Kier alpha value is -1.69. The molecule has 0 radical (unpaired) electrons. The Morgan fingerprint density at radius 2 is 1.81 bits per heavy atom. The van der Waals surface area contributed by atoms with Gasteiger partial charge in [0.25, 0.3) is 5.91 Å². The average Bonchev–Trinajstić information content (AvgIpc) is 3.06. The Labute approximate surface area is 159 Å². The van der Waals surface area contributed by atoms with Gasteiger partial charge in [-0.3, -0.25) is 4.79 Å². The van der Waals surface area contributed by atoms with Crippen LogP contribution >= 0.6 is 11.3 Å². The van der Waals surface area contributed by atoms with Crippen molar-refractivity contribution in [2.24, 2.45) is 0 Å². The molecule has 138 valence electrons. The molecule has 1 aromatic carbocycles. The van der Waals surface area contributed by atoms with Gasteiger partial charge in [-0.2, -0.15) is 0 Å². The first kappa shape index (κ1) is 17.7. The number of benzene rings is 1. The lowest BCUT2D eigenvalue weighted by Gasteiger charge is -2.40. The Balaban J connectivity index is 1.37. The van der Waals surface area contributed by atoms with Gasteiger partial charge >= 0.3 is 0 Å². The molecule has 4 rings (SSSR count). The Bertz CT molecular complexity index is 753. The standard InChI is InChI=1S/C21H26N2O2S/c1-14-13-19(26-20(14)15-5-3-2-4-6-15)21(24)23-18-8-7-17(18)22-16-9-11-25-12-10-16/h2-6,13,16-18,22H,7-12H2,1H3,(H,23,24). The zero-order chi connectivity index (χ0) is 17.9. The van der Waals surface area contributed by atoms with Gasteiger partial charge < -0.3 is 15.4 Å². The molecule has 26 heavy (non-hydrogen) atoms. The SMILES string of the molecule is Cc1cc(C(=O)NC2CCC2NC2CCOCC2)sc1-c1ccccc1. The fourth-order valence-electron chi connectivity index (χ4n) is 3.75. The van der Waals surface area contributed by atoms with Gasteiger partial charge in [-0.1, -0.05) is 30.3 Å². The highest BCUT2D eigenvalue weighted by Crippen LogP contribution is 2.32. The van der Waals surface area contributed by atoms with Gasteiger partial charge in [-0.05, 0) is 49.8 Å². The van der Waals surface area contributed by atoms with Crippen molar-refractivity contribution in [3.05, 3.63) is 46.8 Å². The predicted octanol–water partition coefficient (Wildman–Crippen LogP) is 3.75. The molecular weight excluding hydrogens is 344 g/mol. The molecule has 2 aromatic rings. The predicted molar refractivity (Wildman–Crippen MR) is 106 cm³/mol. The molecule has 1 amide bonds. The minimum Gasteiger partial charge on any atom is -0.381 e. The van der Waals surface area contributed by atoms with E-state index in [0.717, 1.165) is 49.3 Å². The third kappa shape index (κ3) is 3.85. The van der Waals surface area contributed by atoms with E-state index in [2.05, 4.69) is 29.7 Å². The van der Waals surface area contributed by atoms with Crippen molar-refractivity contribution < 1.29 is 9.53 Å². The number of amides is 1. The van der Waals surface area contributed by atoms with Crippen molar-refractivity contribution in [2.45, 2.75) is 50.7 Å². The molecule has 2 aliphatic rings. The van der Waals surface area contributed by atoms with Crippen LogP contribution in [-0.4, -0.2) is 37.2 Å². The first-order valence-electron chi connectivity index (χ1n) is 9.51. The average molecular weight is 371 g/mol. The third-order valence-electron chi connectivity index (χ3n) is 5.44. The van der Waals surface area contributed by atoms with Gasteiger partial charge in [-0.25, -0.2) is 0 Å². The maximum Gasteiger partial charge on any atom is 0.261 e. The van der Waals surface area contributed by atoms with E-state index < -0.39 is 0 Å². The van der Waals surface area contributed by atoms with Gasteiger partial charge in [0.2, 0.25) is 0 Å². The summed E-state index contributed by atoms with van der Waals surface area (Å²) in [6.07, 6.45) is 4.34. The quantitative estimate of drug-likeness (QED) is 0.843. The Morgan fingerprint density at radius 1 is 1.08 bits per heavy atom. The summed E-state index contributed by atoms with van der Waals surface area (Å²) in [4.78, 5) is 14.7. The molecule has 2 unspecified atom stereocenters. The minimum atomic E-state index is 0.0590.